The number of benzene rings is 1. The first-order chi connectivity index (χ1) is 17.0. The maximum atomic E-state index is 13.4. The Morgan fingerprint density at radius 1 is 0.750 bits per heavy atom. The molecule has 0 heterocycles. The molecule has 0 aliphatic rings. The van der Waals surface area contributed by atoms with Crippen LogP contribution in [0.1, 0.15) is 82.1 Å². The average molecular weight is 501 g/mol. The number of esters is 4. The van der Waals surface area contributed by atoms with Gasteiger partial charge in [-0.2, -0.15) is 0 Å². The van der Waals surface area contributed by atoms with Crippen molar-refractivity contribution in [1.29, 1.82) is 0 Å². The van der Waals surface area contributed by atoms with E-state index in [4.69, 9.17) is 18.9 Å². The molecule has 0 fully saturated rings. The Balaban J connectivity index is 2.60. The molecule has 2 aromatic carbocycles. The van der Waals surface area contributed by atoms with Gasteiger partial charge in [-0.15, -0.1) is 0 Å². The minimum Gasteiger partial charge on any atom is -0.462 e. The van der Waals surface area contributed by atoms with Crippen LogP contribution < -0.4 is 19.6 Å². The Morgan fingerprint density at radius 3 is 1.94 bits per heavy atom. The van der Waals surface area contributed by atoms with E-state index in [1.54, 1.807) is 6.92 Å². The molecule has 0 aliphatic heterocycles. The quantitative estimate of drug-likeness (QED) is 0.243. The number of aryl methyl sites for hydroxylation is 1. The molecule has 0 aliphatic carbocycles. The van der Waals surface area contributed by atoms with Crippen molar-refractivity contribution >= 4 is 34.6 Å². The molecule has 0 bridgehead atoms. The second-order valence-corrected chi connectivity index (χ2v) is 8.44. The third-order valence-electron chi connectivity index (χ3n) is 5.21. The van der Waals surface area contributed by atoms with Gasteiger partial charge >= 0.3 is 23.9 Å². The van der Waals surface area contributed by atoms with E-state index in [0.29, 0.717) is 12.0 Å². The summed E-state index contributed by atoms with van der Waals surface area (Å²) in [5.74, 6) is -3.87. The summed E-state index contributed by atoms with van der Waals surface area (Å²) < 4.78 is 21.0. The number of rotatable bonds is 11. The Kier molecular flexibility index (Phi) is 10.6. The van der Waals surface area contributed by atoms with Crippen LogP contribution in [-0.4, -0.2) is 30.5 Å². The SMILES string of the molecule is CCCCCCCCOC(=O)c1cc(OC(C)=O)c(=O)c2c(OC(C)=O)c(OC(C)=O)c(C)cc2c1. The van der Waals surface area contributed by atoms with Crippen molar-refractivity contribution in [3.8, 4) is 17.2 Å². The van der Waals surface area contributed by atoms with E-state index in [2.05, 4.69) is 6.92 Å². The highest BCUT2D eigenvalue weighted by atomic mass is 16.6. The van der Waals surface area contributed by atoms with Gasteiger partial charge in [-0.05, 0) is 42.5 Å². The van der Waals surface area contributed by atoms with E-state index in [0.717, 1.165) is 58.9 Å². The van der Waals surface area contributed by atoms with Crippen molar-refractivity contribution in [3.05, 3.63) is 39.5 Å². The van der Waals surface area contributed by atoms with Gasteiger partial charge in [0.1, 0.15) is 0 Å². The molecular formula is C27H32O9. The number of ether oxygens (including phenoxy) is 4. The van der Waals surface area contributed by atoms with Crippen LogP contribution in [0, 0.1) is 6.92 Å². The predicted octanol–water partition coefficient (Wildman–Crippen LogP) is 4.80. The molecule has 0 saturated heterocycles. The first-order valence-electron chi connectivity index (χ1n) is 11.9. The molecule has 0 amide bonds. The lowest BCUT2D eigenvalue weighted by Crippen LogP contribution is -2.14. The molecule has 9 heteroatoms. The molecule has 36 heavy (non-hydrogen) atoms. The summed E-state index contributed by atoms with van der Waals surface area (Å²) >= 11 is 0. The second kappa shape index (κ2) is 13.4. The molecule has 2 aromatic rings. The lowest BCUT2D eigenvalue weighted by atomic mass is 10.1. The van der Waals surface area contributed by atoms with E-state index >= 15 is 0 Å². The Bertz CT molecular complexity index is 1210. The van der Waals surface area contributed by atoms with Crippen molar-refractivity contribution in [2.24, 2.45) is 0 Å². The molecular weight excluding hydrogens is 468 g/mol. The number of hydrogen-bond acceptors (Lipinski definition) is 9. The van der Waals surface area contributed by atoms with E-state index in [-0.39, 0.29) is 34.4 Å². The molecule has 0 radical (unpaired) electrons. The summed E-state index contributed by atoms with van der Waals surface area (Å²) in [6.45, 7) is 7.31. The Labute approximate surface area is 209 Å². The van der Waals surface area contributed by atoms with Gasteiger partial charge in [0.25, 0.3) is 0 Å². The highest BCUT2D eigenvalue weighted by Gasteiger charge is 2.23. The summed E-state index contributed by atoms with van der Waals surface area (Å²) in [5, 5.41) is 0.00726. The fourth-order valence-electron chi connectivity index (χ4n) is 3.67. The minimum absolute atomic E-state index is 0.0299. The smallest absolute Gasteiger partial charge is 0.338 e. The van der Waals surface area contributed by atoms with Gasteiger partial charge in [-0.25, -0.2) is 4.79 Å². The van der Waals surface area contributed by atoms with Gasteiger partial charge in [0.05, 0.1) is 17.6 Å². The predicted molar refractivity (Wildman–Crippen MR) is 133 cm³/mol. The summed E-state index contributed by atoms with van der Waals surface area (Å²) in [4.78, 5) is 61.5. The maximum Gasteiger partial charge on any atom is 0.338 e. The van der Waals surface area contributed by atoms with Crippen LogP contribution in [0.4, 0.5) is 0 Å². The lowest BCUT2D eigenvalue weighted by Gasteiger charge is -2.13. The average Bonchev–Trinajstić information content (AvgIpc) is 2.91. The summed E-state index contributed by atoms with van der Waals surface area (Å²) in [6, 6.07) is 4.00. The Hall–Kier alpha value is -3.75. The van der Waals surface area contributed by atoms with Crippen LogP contribution >= 0.6 is 0 Å². The molecule has 0 aromatic heterocycles. The first kappa shape index (κ1) is 28.5. The monoisotopic (exact) mass is 500 g/mol. The fraction of sp³-hybridized carbons (Fsp3) is 0.444. The number of fused-ring (bicyclic) bond motifs is 1. The maximum absolute atomic E-state index is 13.4. The van der Waals surface area contributed by atoms with Gasteiger partial charge in [0.15, 0.2) is 17.2 Å². The fourth-order valence-corrected chi connectivity index (χ4v) is 3.67. The molecule has 9 nitrogen and oxygen atoms in total. The normalized spacial score (nSPS) is 10.6. The molecule has 194 valence electrons. The summed E-state index contributed by atoms with van der Waals surface area (Å²) in [6.07, 6.45) is 6.10. The van der Waals surface area contributed by atoms with E-state index in [9.17, 15) is 24.0 Å². The van der Waals surface area contributed by atoms with Crippen molar-refractivity contribution in [2.45, 2.75) is 73.1 Å². The summed E-state index contributed by atoms with van der Waals surface area (Å²) in [5.41, 5.74) is -0.488. The van der Waals surface area contributed by atoms with Gasteiger partial charge in [0.2, 0.25) is 5.43 Å². The standard InChI is InChI=1S/C27H32O9/c1-6-7-8-9-10-11-12-33-27(32)21-14-20-13-16(2)25(35-18(4)29)26(36-19(5)30)23(20)24(31)22(15-21)34-17(3)28/h13-15H,6-12H2,1-5H3. The van der Waals surface area contributed by atoms with Crippen LogP contribution in [0.2, 0.25) is 0 Å². The van der Waals surface area contributed by atoms with Crippen molar-refractivity contribution < 1.29 is 38.1 Å². The first-order valence-corrected chi connectivity index (χ1v) is 11.9. The number of hydrogen-bond donors (Lipinski definition) is 0. The van der Waals surface area contributed by atoms with Crippen LogP contribution in [-0.2, 0) is 19.1 Å². The third-order valence-corrected chi connectivity index (χ3v) is 5.21. The number of carbonyl (C=O) groups is 4. The topological polar surface area (TPSA) is 122 Å². The zero-order chi connectivity index (χ0) is 26.8. The van der Waals surface area contributed by atoms with Crippen molar-refractivity contribution in [1.82, 2.24) is 0 Å². The number of carbonyl (C=O) groups excluding carboxylic acids is 4. The van der Waals surface area contributed by atoms with E-state index < -0.39 is 35.1 Å². The zero-order valence-electron chi connectivity index (χ0n) is 21.4. The lowest BCUT2D eigenvalue weighted by molar-refractivity contribution is -0.134. The highest BCUT2D eigenvalue weighted by molar-refractivity contribution is 5.99. The molecule has 2 rings (SSSR count). The van der Waals surface area contributed by atoms with Crippen LogP contribution in [0.5, 0.6) is 17.2 Å². The minimum atomic E-state index is -0.833. The molecule has 0 atom stereocenters. The van der Waals surface area contributed by atoms with Gasteiger partial charge in [0, 0.05) is 20.8 Å². The van der Waals surface area contributed by atoms with Crippen molar-refractivity contribution in [2.75, 3.05) is 6.61 Å². The highest BCUT2D eigenvalue weighted by Crippen LogP contribution is 2.38. The largest absolute Gasteiger partial charge is 0.462 e. The van der Waals surface area contributed by atoms with Crippen molar-refractivity contribution in [3.63, 3.8) is 0 Å². The van der Waals surface area contributed by atoms with Gasteiger partial charge in [-0.3, -0.25) is 19.2 Å². The second-order valence-electron chi connectivity index (χ2n) is 8.44. The molecule has 0 saturated carbocycles. The summed E-state index contributed by atoms with van der Waals surface area (Å²) in [7, 11) is 0. The van der Waals surface area contributed by atoms with E-state index in [1.807, 2.05) is 0 Å². The van der Waals surface area contributed by atoms with Gasteiger partial charge < -0.3 is 18.9 Å². The van der Waals surface area contributed by atoms with Crippen LogP contribution in [0.15, 0.2) is 23.0 Å². The molecule has 0 N–H and O–H groups in total. The zero-order valence-corrected chi connectivity index (χ0v) is 21.4. The Morgan fingerprint density at radius 2 is 1.33 bits per heavy atom. The molecule has 0 spiro atoms. The van der Waals surface area contributed by atoms with Crippen LogP contribution in [0.25, 0.3) is 10.8 Å². The third kappa shape index (κ3) is 7.90. The molecule has 0 unspecified atom stereocenters. The van der Waals surface area contributed by atoms with Gasteiger partial charge in [-0.1, -0.05) is 39.0 Å². The van der Waals surface area contributed by atoms with Crippen LogP contribution in [0.3, 0.4) is 0 Å². The van der Waals surface area contributed by atoms with E-state index in [1.165, 1.54) is 12.1 Å². The number of unbranched alkanes of at least 4 members (excludes halogenated alkanes) is 5.